The molecular weight excluding hydrogens is 562 g/mol. The van der Waals surface area contributed by atoms with Gasteiger partial charge in [-0.1, -0.05) is 0 Å². The summed E-state index contributed by atoms with van der Waals surface area (Å²) < 4.78 is 34.4. The van der Waals surface area contributed by atoms with Crippen molar-refractivity contribution in [1.29, 1.82) is 0 Å². The van der Waals surface area contributed by atoms with Crippen LogP contribution in [0.5, 0.6) is 0 Å². The first kappa shape index (κ1) is 21.6. The molecule has 28 heavy (non-hydrogen) atoms. The Kier molecular flexibility index (Phi) is 6.14. The standard InChI is InChI=1S/C19H24FN2O5.Pb/c1-18(2,11-25-5)17-7-12-6-16(22(23)24)14(20)8-15(12)21(17)9-13-10-26-19(3,4)27-13;/h6-8,13H,5,9-11H2,1-4H3;. The summed E-state index contributed by atoms with van der Waals surface area (Å²) in [5, 5.41) is 11.8. The summed E-state index contributed by atoms with van der Waals surface area (Å²) in [5.74, 6) is -1.51. The molecule has 0 bridgehead atoms. The van der Waals surface area contributed by atoms with E-state index >= 15 is 0 Å². The van der Waals surface area contributed by atoms with Crippen LogP contribution < -0.4 is 0 Å². The van der Waals surface area contributed by atoms with Gasteiger partial charge in [0.2, 0.25) is 0 Å². The molecule has 1 atom stereocenters. The second-order valence-corrected chi connectivity index (χ2v) is 9.21. The third-order valence-electron chi connectivity index (χ3n) is 4.88. The first-order valence-electron chi connectivity index (χ1n) is 9.06. The number of benzene rings is 1. The fourth-order valence-electron chi connectivity index (χ4n) is 3.61. The van der Waals surface area contributed by atoms with E-state index in [1.165, 1.54) is 12.1 Å². The summed E-state index contributed by atoms with van der Waals surface area (Å²) in [6.07, 6.45) is -0.196. The molecule has 1 unspecified atom stereocenters. The van der Waals surface area contributed by atoms with E-state index in [2.05, 4.69) is 13.8 Å². The van der Waals surface area contributed by atoms with Gasteiger partial charge in [-0.05, 0) is 0 Å². The van der Waals surface area contributed by atoms with Crippen molar-refractivity contribution in [3.05, 3.63) is 39.8 Å². The van der Waals surface area contributed by atoms with Gasteiger partial charge in [-0.3, -0.25) is 0 Å². The average molecular weight is 587 g/mol. The number of halogens is 1. The van der Waals surface area contributed by atoms with E-state index in [0.717, 1.165) is 35.6 Å². The van der Waals surface area contributed by atoms with E-state index in [1.807, 2.05) is 24.5 Å². The van der Waals surface area contributed by atoms with Gasteiger partial charge in [-0.25, -0.2) is 0 Å². The zero-order valence-electron chi connectivity index (χ0n) is 16.5. The van der Waals surface area contributed by atoms with Crippen molar-refractivity contribution in [2.24, 2.45) is 0 Å². The summed E-state index contributed by atoms with van der Waals surface area (Å²) in [4.78, 5) is 10.5. The molecule has 1 fully saturated rings. The van der Waals surface area contributed by atoms with Gasteiger partial charge in [-0.2, -0.15) is 0 Å². The molecule has 1 saturated heterocycles. The van der Waals surface area contributed by atoms with Crippen LogP contribution in [-0.4, -0.2) is 64.5 Å². The van der Waals surface area contributed by atoms with Crippen molar-refractivity contribution >= 4 is 42.4 Å². The van der Waals surface area contributed by atoms with Crippen LogP contribution in [0.3, 0.4) is 0 Å². The second kappa shape index (κ2) is 7.96. The zero-order chi connectivity index (χ0) is 20.7. The third kappa shape index (κ3) is 4.39. The minimum atomic E-state index is -0.846. The molecule has 0 aliphatic carbocycles. The molecular formula is C19H24FN2O5Pb. The predicted molar refractivity (Wildman–Crippen MR) is 103 cm³/mol. The van der Waals surface area contributed by atoms with Crippen LogP contribution >= 0.6 is 0 Å². The summed E-state index contributed by atoms with van der Waals surface area (Å²) in [6.45, 7) is 9.21. The summed E-state index contributed by atoms with van der Waals surface area (Å²) in [5.41, 5.74) is 0.645. The van der Waals surface area contributed by atoms with Gasteiger partial charge < -0.3 is 0 Å². The molecule has 2 heterocycles. The third-order valence-corrected chi connectivity index (χ3v) is 5.67. The monoisotopic (exact) mass is 587 g/mol. The van der Waals surface area contributed by atoms with Crippen molar-refractivity contribution < 1.29 is 23.5 Å². The molecule has 1 aliphatic heterocycles. The Morgan fingerprint density at radius 2 is 2.14 bits per heavy atom. The molecule has 0 amide bonds. The van der Waals surface area contributed by atoms with Crippen LogP contribution in [0, 0.1) is 15.9 Å². The average Bonchev–Trinajstić information content (AvgIpc) is 3.12. The van der Waals surface area contributed by atoms with Gasteiger partial charge in [0.25, 0.3) is 0 Å². The zero-order valence-corrected chi connectivity index (χ0v) is 20.3. The Bertz CT molecular complexity index is 896. The van der Waals surface area contributed by atoms with Crippen LogP contribution in [-0.2, 0) is 26.2 Å². The van der Waals surface area contributed by atoms with Crippen LogP contribution in [0.4, 0.5) is 10.1 Å². The number of nitrogens with zero attached hydrogens (tertiary/aromatic N) is 2. The molecule has 7 nitrogen and oxygen atoms in total. The summed E-state index contributed by atoms with van der Waals surface area (Å²) in [6, 6.07) is 4.42. The van der Waals surface area contributed by atoms with Gasteiger partial charge in [0, 0.05) is 0 Å². The molecule has 0 spiro atoms. The number of hydrogen-bond donors (Lipinski definition) is 0. The SMILES string of the molecule is CC1(C)OCC(Cn2c(C(C)(C)CO[CH2][Pb])cc3cc([N+](=O)[O-])c(F)cc32)O1. The maximum absolute atomic E-state index is 14.4. The Balaban J connectivity index is 2.10. The molecule has 3 rings (SSSR count). The van der Waals surface area contributed by atoms with Gasteiger partial charge in [-0.15, -0.1) is 0 Å². The molecule has 151 valence electrons. The Morgan fingerprint density at radius 3 is 2.71 bits per heavy atom. The second-order valence-electron chi connectivity index (χ2n) is 8.09. The van der Waals surface area contributed by atoms with Crippen molar-refractivity contribution in [1.82, 2.24) is 4.57 Å². The van der Waals surface area contributed by atoms with Crippen molar-refractivity contribution in [3.63, 3.8) is 0 Å². The van der Waals surface area contributed by atoms with Crippen molar-refractivity contribution in [3.8, 4) is 0 Å². The molecule has 1 aromatic heterocycles. The number of rotatable bonds is 7. The fraction of sp³-hybridized carbons (Fsp3) is 0.579. The molecule has 2 aromatic rings. The van der Waals surface area contributed by atoms with Crippen molar-refractivity contribution in [2.75, 3.05) is 17.4 Å². The normalized spacial score (nSPS) is 19.4. The minimum absolute atomic E-state index is 0.196. The van der Waals surface area contributed by atoms with Crippen molar-refractivity contribution in [2.45, 2.75) is 51.5 Å². The number of nitro benzene ring substituents is 1. The maximum atomic E-state index is 14.4. The van der Waals surface area contributed by atoms with Gasteiger partial charge in [0.1, 0.15) is 0 Å². The fourth-order valence-corrected chi connectivity index (χ4v) is 4.00. The van der Waals surface area contributed by atoms with E-state index in [4.69, 9.17) is 14.2 Å². The van der Waals surface area contributed by atoms with Crippen LogP contribution in [0.2, 0.25) is 0 Å². The number of nitro groups is 1. The van der Waals surface area contributed by atoms with Gasteiger partial charge >= 0.3 is 179 Å². The molecule has 0 N–H and O–H groups in total. The Labute approximate surface area is 179 Å². The molecule has 3 radical (unpaired) electrons. The molecule has 1 aliphatic rings. The van der Waals surface area contributed by atoms with E-state index in [1.54, 1.807) is 0 Å². The first-order chi connectivity index (χ1) is 13.0. The topological polar surface area (TPSA) is 75.8 Å². The molecule has 1 aromatic carbocycles. The van der Waals surface area contributed by atoms with E-state index < -0.39 is 22.2 Å². The van der Waals surface area contributed by atoms with E-state index in [9.17, 15) is 14.5 Å². The van der Waals surface area contributed by atoms with Gasteiger partial charge in [0.15, 0.2) is 0 Å². The quantitative estimate of drug-likeness (QED) is 0.283. The Morgan fingerprint density at radius 1 is 1.43 bits per heavy atom. The van der Waals surface area contributed by atoms with Gasteiger partial charge in [0.05, 0.1) is 0 Å². The first-order valence-corrected chi connectivity index (χ1v) is 11.8. The number of fused-ring (bicyclic) bond motifs is 1. The number of ether oxygens (including phenoxy) is 3. The van der Waals surface area contributed by atoms with E-state index in [-0.39, 0.29) is 11.5 Å². The Hall–Kier alpha value is -1.11. The molecule has 9 heteroatoms. The number of hydrogen-bond acceptors (Lipinski definition) is 5. The predicted octanol–water partition coefficient (Wildman–Crippen LogP) is 3.26. The molecule has 0 saturated carbocycles. The van der Waals surface area contributed by atoms with Crippen LogP contribution in [0.25, 0.3) is 10.9 Å². The summed E-state index contributed by atoms with van der Waals surface area (Å²) >= 11 is 0.942. The van der Waals surface area contributed by atoms with E-state index in [0.29, 0.717) is 30.7 Å². The van der Waals surface area contributed by atoms with Crippen LogP contribution in [0.1, 0.15) is 33.4 Å². The number of aromatic nitrogens is 1. The summed E-state index contributed by atoms with van der Waals surface area (Å²) in [7, 11) is 0. The van der Waals surface area contributed by atoms with Crippen LogP contribution in [0.15, 0.2) is 18.2 Å².